The minimum absolute atomic E-state index is 0.614. The predicted octanol–water partition coefficient (Wildman–Crippen LogP) is 1.57. The molecule has 0 aromatic carbocycles. The second-order valence-corrected chi connectivity index (χ2v) is 3.50. The van der Waals surface area contributed by atoms with Crippen LogP contribution in [0.25, 0.3) is 0 Å². The van der Waals surface area contributed by atoms with E-state index in [1.54, 1.807) is 12.4 Å². The summed E-state index contributed by atoms with van der Waals surface area (Å²) in [6.07, 6.45) is 4.95. The van der Waals surface area contributed by atoms with Gasteiger partial charge in [-0.1, -0.05) is 0 Å². The van der Waals surface area contributed by atoms with Gasteiger partial charge in [0.1, 0.15) is 12.2 Å². The van der Waals surface area contributed by atoms with E-state index in [1.807, 2.05) is 6.07 Å². The average Bonchev–Trinajstić information content (AvgIpc) is 2.69. The van der Waals surface area contributed by atoms with Crippen LogP contribution in [-0.2, 0) is 6.54 Å². The van der Waals surface area contributed by atoms with Crippen LogP contribution in [-0.4, -0.2) is 20.2 Å². The highest BCUT2D eigenvalue weighted by atomic mass is 79.9. The molecule has 0 bridgehead atoms. The van der Waals surface area contributed by atoms with Gasteiger partial charge in [-0.05, 0) is 22.0 Å². The highest BCUT2D eigenvalue weighted by Crippen LogP contribution is 2.19. The third-order valence-corrected chi connectivity index (χ3v) is 2.32. The summed E-state index contributed by atoms with van der Waals surface area (Å²) in [5.74, 6) is 0.800. The van der Waals surface area contributed by atoms with E-state index in [2.05, 4.69) is 41.4 Å². The fraction of sp³-hybridized carbons (Fsp3) is 0.125. The van der Waals surface area contributed by atoms with Gasteiger partial charge in [0.15, 0.2) is 0 Å². The molecular weight excluding hydrogens is 246 g/mol. The fourth-order valence-electron chi connectivity index (χ4n) is 1.01. The van der Waals surface area contributed by atoms with Crippen molar-refractivity contribution in [3.63, 3.8) is 0 Å². The number of aromatic nitrogens is 4. The van der Waals surface area contributed by atoms with Crippen molar-refractivity contribution in [1.82, 2.24) is 20.2 Å². The number of H-pyrrole nitrogens is 1. The van der Waals surface area contributed by atoms with Crippen LogP contribution in [0.15, 0.2) is 29.3 Å². The van der Waals surface area contributed by atoms with E-state index >= 15 is 0 Å². The predicted molar refractivity (Wildman–Crippen MR) is 55.6 cm³/mol. The van der Waals surface area contributed by atoms with Crippen molar-refractivity contribution >= 4 is 21.6 Å². The molecule has 0 aliphatic carbocycles. The Morgan fingerprint density at radius 2 is 2.43 bits per heavy atom. The van der Waals surface area contributed by atoms with E-state index in [0.29, 0.717) is 6.54 Å². The van der Waals surface area contributed by atoms with Crippen LogP contribution in [0.1, 0.15) is 5.82 Å². The monoisotopic (exact) mass is 253 g/mol. The molecule has 6 heteroatoms. The van der Waals surface area contributed by atoms with E-state index < -0.39 is 0 Å². The van der Waals surface area contributed by atoms with Crippen molar-refractivity contribution in [3.8, 4) is 0 Å². The normalized spacial score (nSPS) is 10.1. The summed E-state index contributed by atoms with van der Waals surface area (Å²) < 4.78 is 0.930. The molecule has 0 saturated heterocycles. The number of hydrogen-bond donors (Lipinski definition) is 2. The maximum absolute atomic E-state index is 4.00. The van der Waals surface area contributed by atoms with Crippen molar-refractivity contribution in [3.05, 3.63) is 35.1 Å². The molecule has 0 spiro atoms. The zero-order valence-electron chi connectivity index (χ0n) is 7.24. The number of pyridine rings is 1. The number of anilines is 1. The SMILES string of the molecule is Brc1cnccc1NCc1ncn[nH]1. The number of rotatable bonds is 3. The van der Waals surface area contributed by atoms with Crippen LogP contribution in [0, 0.1) is 0 Å². The van der Waals surface area contributed by atoms with E-state index in [9.17, 15) is 0 Å². The van der Waals surface area contributed by atoms with Gasteiger partial charge in [0.05, 0.1) is 16.7 Å². The molecule has 5 nitrogen and oxygen atoms in total. The Labute approximate surface area is 89.1 Å². The molecule has 0 aliphatic heterocycles. The maximum atomic E-state index is 4.00. The minimum Gasteiger partial charge on any atom is -0.377 e. The molecule has 0 atom stereocenters. The summed E-state index contributed by atoms with van der Waals surface area (Å²) in [5.41, 5.74) is 0.983. The van der Waals surface area contributed by atoms with Gasteiger partial charge in [0.25, 0.3) is 0 Å². The van der Waals surface area contributed by atoms with Crippen LogP contribution in [0.2, 0.25) is 0 Å². The minimum atomic E-state index is 0.614. The fourth-order valence-corrected chi connectivity index (χ4v) is 1.40. The van der Waals surface area contributed by atoms with Crippen LogP contribution in [0.4, 0.5) is 5.69 Å². The highest BCUT2D eigenvalue weighted by Gasteiger charge is 1.99. The molecule has 2 heterocycles. The van der Waals surface area contributed by atoms with Gasteiger partial charge in [-0.2, -0.15) is 5.10 Å². The summed E-state index contributed by atoms with van der Waals surface area (Å²) in [6, 6.07) is 1.89. The Kier molecular flexibility index (Phi) is 2.73. The molecule has 2 aromatic rings. The van der Waals surface area contributed by atoms with Crippen LogP contribution < -0.4 is 5.32 Å². The first-order chi connectivity index (χ1) is 6.86. The lowest BCUT2D eigenvalue weighted by molar-refractivity contribution is 0.953. The number of aromatic amines is 1. The Morgan fingerprint density at radius 1 is 1.50 bits per heavy atom. The largest absolute Gasteiger partial charge is 0.377 e. The Morgan fingerprint density at radius 3 is 3.14 bits per heavy atom. The third kappa shape index (κ3) is 2.08. The second-order valence-electron chi connectivity index (χ2n) is 2.64. The lowest BCUT2D eigenvalue weighted by Crippen LogP contribution is -2.01. The molecule has 14 heavy (non-hydrogen) atoms. The molecule has 0 aliphatic rings. The number of halogens is 1. The lowest BCUT2D eigenvalue weighted by Gasteiger charge is -2.04. The quantitative estimate of drug-likeness (QED) is 0.872. The Bertz CT molecular complexity index is 400. The topological polar surface area (TPSA) is 66.5 Å². The highest BCUT2D eigenvalue weighted by molar-refractivity contribution is 9.10. The zero-order chi connectivity index (χ0) is 9.80. The number of nitrogens with zero attached hydrogens (tertiary/aromatic N) is 3. The van der Waals surface area contributed by atoms with Crippen LogP contribution in [0.5, 0.6) is 0 Å². The summed E-state index contributed by atoms with van der Waals surface area (Å²) in [5, 5.41) is 9.72. The molecule has 2 aromatic heterocycles. The molecule has 72 valence electrons. The summed E-state index contributed by atoms with van der Waals surface area (Å²) in [7, 11) is 0. The summed E-state index contributed by atoms with van der Waals surface area (Å²) in [4.78, 5) is 7.97. The molecule has 0 fully saturated rings. The van der Waals surface area contributed by atoms with Crippen molar-refractivity contribution in [2.75, 3.05) is 5.32 Å². The molecule has 0 saturated carbocycles. The third-order valence-electron chi connectivity index (χ3n) is 1.68. The van der Waals surface area contributed by atoms with Crippen molar-refractivity contribution < 1.29 is 0 Å². The molecule has 2 N–H and O–H groups in total. The molecule has 0 unspecified atom stereocenters. The second kappa shape index (κ2) is 4.19. The van der Waals surface area contributed by atoms with E-state index in [0.717, 1.165) is 16.0 Å². The van der Waals surface area contributed by atoms with E-state index in [1.165, 1.54) is 6.33 Å². The van der Waals surface area contributed by atoms with E-state index in [4.69, 9.17) is 0 Å². The first kappa shape index (κ1) is 9.14. The van der Waals surface area contributed by atoms with E-state index in [-0.39, 0.29) is 0 Å². The average molecular weight is 254 g/mol. The summed E-state index contributed by atoms with van der Waals surface area (Å²) in [6.45, 7) is 0.614. The summed E-state index contributed by atoms with van der Waals surface area (Å²) >= 11 is 3.39. The van der Waals surface area contributed by atoms with Gasteiger partial charge in [-0.3, -0.25) is 10.1 Å². The first-order valence-electron chi connectivity index (χ1n) is 4.04. The van der Waals surface area contributed by atoms with Crippen molar-refractivity contribution in [2.24, 2.45) is 0 Å². The van der Waals surface area contributed by atoms with Crippen LogP contribution >= 0.6 is 15.9 Å². The first-order valence-corrected chi connectivity index (χ1v) is 4.83. The Balaban J connectivity index is 2.02. The molecule has 0 amide bonds. The molecular formula is C8H8BrN5. The van der Waals surface area contributed by atoms with Gasteiger partial charge < -0.3 is 5.32 Å². The van der Waals surface area contributed by atoms with Gasteiger partial charge in [-0.25, -0.2) is 4.98 Å². The van der Waals surface area contributed by atoms with Gasteiger partial charge in [0, 0.05) is 12.4 Å². The lowest BCUT2D eigenvalue weighted by atomic mass is 10.4. The zero-order valence-corrected chi connectivity index (χ0v) is 8.82. The van der Waals surface area contributed by atoms with Gasteiger partial charge >= 0.3 is 0 Å². The molecule has 2 rings (SSSR count). The van der Waals surface area contributed by atoms with Crippen molar-refractivity contribution in [1.29, 1.82) is 0 Å². The van der Waals surface area contributed by atoms with Gasteiger partial charge in [0.2, 0.25) is 0 Å². The molecule has 0 radical (unpaired) electrons. The maximum Gasteiger partial charge on any atom is 0.143 e. The standard InChI is InChI=1S/C8H8BrN5/c9-6-3-10-2-1-7(6)11-4-8-12-5-13-14-8/h1-3,5H,4H2,(H,10,11)(H,12,13,14). The van der Waals surface area contributed by atoms with Gasteiger partial charge in [-0.15, -0.1) is 0 Å². The van der Waals surface area contributed by atoms with Crippen LogP contribution in [0.3, 0.4) is 0 Å². The Hall–Kier alpha value is -1.43. The number of nitrogens with one attached hydrogen (secondary N) is 2. The van der Waals surface area contributed by atoms with Crippen molar-refractivity contribution in [2.45, 2.75) is 6.54 Å². The number of hydrogen-bond acceptors (Lipinski definition) is 4. The smallest absolute Gasteiger partial charge is 0.143 e.